The summed E-state index contributed by atoms with van der Waals surface area (Å²) < 4.78 is 69.6. The minimum Gasteiger partial charge on any atom is -0.744 e. The van der Waals surface area contributed by atoms with E-state index in [1.54, 1.807) is 27.7 Å². The van der Waals surface area contributed by atoms with Gasteiger partial charge in [0.1, 0.15) is 20.2 Å². The van der Waals surface area contributed by atoms with Crippen LogP contribution in [0.2, 0.25) is 0 Å². The van der Waals surface area contributed by atoms with Gasteiger partial charge in [-0.15, -0.1) is 0 Å². The van der Waals surface area contributed by atoms with E-state index in [1.165, 1.54) is 24.3 Å². The third-order valence-corrected chi connectivity index (χ3v) is 8.22. The van der Waals surface area contributed by atoms with Crippen molar-refractivity contribution in [1.82, 2.24) is 0 Å². The van der Waals surface area contributed by atoms with E-state index < -0.39 is 20.2 Å². The Kier molecular flexibility index (Phi) is 9.75. The summed E-state index contributed by atoms with van der Waals surface area (Å²) in [5.41, 5.74) is 5.91. The molecule has 0 aliphatic heterocycles. The number of hydrogen-bond acceptors (Lipinski definition) is 8. The normalized spacial score (nSPS) is 14.8. The third-order valence-electron chi connectivity index (χ3n) is 6.59. The van der Waals surface area contributed by atoms with Crippen LogP contribution in [0.25, 0.3) is 10.8 Å². The van der Waals surface area contributed by atoms with Gasteiger partial charge in [-0.3, -0.25) is 0 Å². The monoisotopic (exact) mass is 592 g/mol. The maximum Gasteiger partial charge on any atom is 1.00 e. The number of aryl methyl sites for hydroxylation is 4. The first-order valence-electron chi connectivity index (χ1n) is 11.6. The van der Waals surface area contributed by atoms with Crippen LogP contribution in [0.15, 0.2) is 80.4 Å². The molecule has 1 aliphatic carbocycles. The fourth-order valence-electron chi connectivity index (χ4n) is 4.91. The average Bonchev–Trinajstić information content (AvgIpc) is 3.11. The molecule has 0 spiro atoms. The summed E-state index contributed by atoms with van der Waals surface area (Å²) in [6.07, 6.45) is 0. The van der Waals surface area contributed by atoms with Crippen LogP contribution in [0.5, 0.6) is 0 Å². The van der Waals surface area contributed by atoms with E-state index in [0.717, 1.165) is 21.9 Å². The Morgan fingerprint density at radius 3 is 1.20 bits per heavy atom. The van der Waals surface area contributed by atoms with E-state index >= 15 is 0 Å². The molecule has 0 radical (unpaired) electrons. The van der Waals surface area contributed by atoms with Crippen LogP contribution in [0, 0.1) is 27.7 Å². The number of nitrogens with zero attached hydrogens (tertiary/aromatic N) is 2. The van der Waals surface area contributed by atoms with E-state index in [1.807, 2.05) is 36.4 Å². The fourth-order valence-corrected chi connectivity index (χ4v) is 6.20. The first-order valence-corrected chi connectivity index (χ1v) is 14.4. The predicted octanol–water partition coefficient (Wildman–Crippen LogP) is -0.855. The largest absolute Gasteiger partial charge is 1.00 e. The Morgan fingerprint density at radius 1 is 0.575 bits per heavy atom. The van der Waals surface area contributed by atoms with Gasteiger partial charge < -0.3 is 9.11 Å². The molecule has 0 saturated heterocycles. The Balaban J connectivity index is 0.00000220. The molecule has 0 N–H and O–H groups in total. The van der Waals surface area contributed by atoms with Crippen LogP contribution in [0.3, 0.4) is 0 Å². The Hall–Kier alpha value is -1.70. The van der Waals surface area contributed by atoms with E-state index in [2.05, 4.69) is 0 Å². The Bertz CT molecular complexity index is 1780. The molecule has 0 aromatic heterocycles. The SMILES string of the molecule is Cc1cc(S(=O)(=O)[O-])cc(C)c1N=C1C(=Nc2c(C)cc(S(=O)(=O)[O-])cc2C)c2cccc3cccc1c23.[Na+].[Na+]. The quantitative estimate of drug-likeness (QED) is 0.223. The van der Waals surface area contributed by atoms with Crippen LogP contribution >= 0.6 is 0 Å². The third kappa shape index (κ3) is 6.07. The van der Waals surface area contributed by atoms with Crippen molar-refractivity contribution in [2.45, 2.75) is 37.5 Å². The maximum atomic E-state index is 11.6. The minimum absolute atomic E-state index is 0. The van der Waals surface area contributed by atoms with Crippen LogP contribution in [0.1, 0.15) is 33.4 Å². The van der Waals surface area contributed by atoms with Crippen molar-refractivity contribution in [3.8, 4) is 0 Å². The topological polar surface area (TPSA) is 139 Å². The first-order chi connectivity index (χ1) is 17.8. The number of rotatable bonds is 4. The van der Waals surface area contributed by atoms with Crippen LogP contribution in [-0.4, -0.2) is 37.4 Å². The molecule has 1 aliphatic rings. The molecule has 0 bridgehead atoms. The predicted molar refractivity (Wildman–Crippen MR) is 144 cm³/mol. The summed E-state index contributed by atoms with van der Waals surface area (Å²) >= 11 is 0. The van der Waals surface area contributed by atoms with Crippen molar-refractivity contribution in [2.24, 2.45) is 9.98 Å². The van der Waals surface area contributed by atoms with Gasteiger partial charge >= 0.3 is 59.1 Å². The second kappa shape index (κ2) is 11.9. The summed E-state index contributed by atoms with van der Waals surface area (Å²) in [5, 5.41) is 1.94. The summed E-state index contributed by atoms with van der Waals surface area (Å²) in [5.74, 6) is 0. The molecule has 40 heavy (non-hydrogen) atoms. The van der Waals surface area contributed by atoms with Gasteiger partial charge in [0.15, 0.2) is 0 Å². The summed E-state index contributed by atoms with van der Waals surface area (Å²) in [7, 11) is -9.26. The van der Waals surface area contributed by atoms with Gasteiger partial charge in [-0.25, -0.2) is 26.8 Å². The standard InChI is InChI=1S/C28H24N2O6S2.2Na/c1-15-11-20(37(31,32)33)12-16(2)25(15)29-27-22-9-5-7-19-8-6-10-23(24(19)22)28(27)30-26-17(3)13-21(14-18(26)4)38(34,35)36;;/h5-14H,1-4H3,(H,31,32,33)(H,34,35,36);;/q;2*+1/p-2. The molecule has 0 fully saturated rings. The van der Waals surface area contributed by atoms with Crippen molar-refractivity contribution in [1.29, 1.82) is 0 Å². The van der Waals surface area contributed by atoms with Gasteiger partial charge in [0.05, 0.1) is 32.6 Å². The Labute approximate surface area is 277 Å². The number of benzene rings is 4. The fraction of sp³-hybridized carbons (Fsp3) is 0.143. The molecule has 0 saturated carbocycles. The zero-order chi connectivity index (χ0) is 27.6. The van der Waals surface area contributed by atoms with Crippen molar-refractivity contribution in [3.63, 3.8) is 0 Å². The van der Waals surface area contributed by atoms with Gasteiger partial charge in [-0.05, 0) is 79.6 Å². The molecule has 4 aromatic carbocycles. The summed E-state index contributed by atoms with van der Waals surface area (Å²) in [6.45, 7) is 6.77. The van der Waals surface area contributed by atoms with Gasteiger partial charge in [0.2, 0.25) is 0 Å². The van der Waals surface area contributed by atoms with Crippen LogP contribution in [0.4, 0.5) is 11.4 Å². The number of hydrogen-bond donors (Lipinski definition) is 0. The maximum absolute atomic E-state index is 11.6. The van der Waals surface area contributed by atoms with Crippen molar-refractivity contribution in [3.05, 3.63) is 94.0 Å². The smallest absolute Gasteiger partial charge is 0.744 e. The van der Waals surface area contributed by atoms with E-state index in [0.29, 0.717) is 45.1 Å². The van der Waals surface area contributed by atoms with Gasteiger partial charge in [0.25, 0.3) is 0 Å². The molecule has 0 heterocycles. The summed E-state index contributed by atoms with van der Waals surface area (Å²) in [4.78, 5) is 9.28. The van der Waals surface area contributed by atoms with Crippen LogP contribution in [-0.2, 0) is 20.2 Å². The second-order valence-electron chi connectivity index (χ2n) is 9.35. The summed E-state index contributed by atoms with van der Waals surface area (Å²) in [6, 6.07) is 16.9. The average molecular weight is 593 g/mol. The molecule has 0 amide bonds. The molecule has 8 nitrogen and oxygen atoms in total. The van der Waals surface area contributed by atoms with Crippen molar-refractivity contribution >= 4 is 53.8 Å². The minimum atomic E-state index is -4.63. The molecule has 5 rings (SSSR count). The molecule has 12 heteroatoms. The van der Waals surface area contributed by atoms with Crippen molar-refractivity contribution in [2.75, 3.05) is 0 Å². The zero-order valence-corrected chi connectivity index (χ0v) is 28.6. The van der Waals surface area contributed by atoms with E-state index in [4.69, 9.17) is 9.98 Å². The molecular formula is C28H22N2Na2O6S2. The van der Waals surface area contributed by atoms with Crippen molar-refractivity contribution < 1.29 is 85.1 Å². The second-order valence-corrected chi connectivity index (χ2v) is 12.1. The van der Waals surface area contributed by atoms with Gasteiger partial charge in [-0.1, -0.05) is 36.4 Å². The van der Waals surface area contributed by atoms with Gasteiger partial charge in [0, 0.05) is 16.5 Å². The van der Waals surface area contributed by atoms with Crippen LogP contribution < -0.4 is 59.1 Å². The first kappa shape index (κ1) is 32.8. The zero-order valence-electron chi connectivity index (χ0n) is 22.9. The molecule has 0 unspecified atom stereocenters. The molecule has 194 valence electrons. The van der Waals surface area contributed by atoms with E-state index in [-0.39, 0.29) is 68.9 Å². The van der Waals surface area contributed by atoms with Gasteiger partial charge in [-0.2, -0.15) is 0 Å². The van der Waals surface area contributed by atoms with E-state index in [9.17, 15) is 25.9 Å². The molecule has 0 atom stereocenters. The molecular weight excluding hydrogens is 570 g/mol. The molecule has 4 aromatic rings. The number of aliphatic imine (C=N–C) groups is 2. The Morgan fingerprint density at radius 2 is 0.900 bits per heavy atom.